The van der Waals surface area contributed by atoms with Gasteiger partial charge in [-0.2, -0.15) is 0 Å². The van der Waals surface area contributed by atoms with Crippen molar-refractivity contribution in [2.45, 2.75) is 84.1 Å². The van der Waals surface area contributed by atoms with Gasteiger partial charge in [-0.3, -0.25) is 4.79 Å². The zero-order valence-corrected chi connectivity index (χ0v) is 19.1. The van der Waals surface area contributed by atoms with E-state index >= 15 is 4.39 Å². The second-order valence-corrected chi connectivity index (χ2v) is 9.95. The van der Waals surface area contributed by atoms with Gasteiger partial charge < -0.3 is 10.2 Å². The number of alkyl halides is 2. The highest BCUT2D eigenvalue weighted by atomic mass is 35.5. The Bertz CT molecular complexity index is 736. The van der Waals surface area contributed by atoms with Gasteiger partial charge >= 0.3 is 0 Å². The van der Waals surface area contributed by atoms with Gasteiger partial charge in [0.15, 0.2) is 11.5 Å². The summed E-state index contributed by atoms with van der Waals surface area (Å²) in [7, 11) is 0. The Kier molecular flexibility index (Phi) is 5.91. The van der Waals surface area contributed by atoms with Gasteiger partial charge in [0.05, 0.1) is 12.0 Å². The lowest BCUT2D eigenvalue weighted by molar-refractivity contribution is -0.218. The largest absolute Gasteiger partial charge is 0.390 e. The van der Waals surface area contributed by atoms with Crippen LogP contribution in [0.2, 0.25) is 0 Å². The lowest BCUT2D eigenvalue weighted by atomic mass is 9.44. The first kappa shape index (κ1) is 23.0. The first-order valence-electron chi connectivity index (χ1n) is 11.1. The van der Waals surface area contributed by atoms with Gasteiger partial charge in [-0.1, -0.05) is 51.5 Å². The minimum atomic E-state index is -1.78. The molecule has 4 aliphatic carbocycles. The molecule has 0 aromatic heterocycles. The van der Waals surface area contributed by atoms with Crippen LogP contribution in [0.5, 0.6) is 0 Å². The topological polar surface area (TPSA) is 57.5 Å². The van der Waals surface area contributed by atoms with E-state index in [2.05, 4.69) is 6.08 Å². The molecular formula is C24H36ClFO3. The summed E-state index contributed by atoms with van der Waals surface area (Å²) < 4.78 is 16.9. The first-order chi connectivity index (χ1) is 13.6. The molecule has 0 aromatic carbocycles. The van der Waals surface area contributed by atoms with Crippen molar-refractivity contribution >= 4 is 17.4 Å². The van der Waals surface area contributed by atoms with E-state index in [1.165, 1.54) is 0 Å². The molecule has 0 aromatic rings. The highest BCUT2D eigenvalue weighted by Gasteiger charge is 2.75. The summed E-state index contributed by atoms with van der Waals surface area (Å²) in [6.07, 6.45) is 7.69. The molecule has 3 nitrogen and oxygen atoms in total. The molecule has 5 heteroatoms. The molecule has 29 heavy (non-hydrogen) atoms. The summed E-state index contributed by atoms with van der Waals surface area (Å²) in [6.45, 7) is 9.62. The normalized spacial score (nSPS) is 50.4. The number of hydrogen-bond acceptors (Lipinski definition) is 3. The number of Topliss-reactive ketones (excluding diaryl/α,β-unsaturated/α-hetero) is 1. The van der Waals surface area contributed by atoms with Crippen molar-refractivity contribution in [2.24, 2.45) is 28.6 Å². The maximum Gasteiger partial charge on any atom is 0.179 e. The van der Waals surface area contributed by atoms with Crippen molar-refractivity contribution in [1.82, 2.24) is 0 Å². The van der Waals surface area contributed by atoms with Crippen molar-refractivity contribution in [3.63, 3.8) is 0 Å². The summed E-state index contributed by atoms with van der Waals surface area (Å²) in [4.78, 5) is 12.7. The van der Waals surface area contributed by atoms with Crippen LogP contribution in [0.3, 0.4) is 0 Å². The highest BCUT2D eigenvalue weighted by Crippen LogP contribution is 2.70. The molecule has 3 fully saturated rings. The summed E-state index contributed by atoms with van der Waals surface area (Å²) in [5.74, 6) is -1.53. The minimum absolute atomic E-state index is 0.0743. The van der Waals surface area contributed by atoms with Crippen LogP contribution in [0.25, 0.3) is 0 Å². The second kappa shape index (κ2) is 7.46. The van der Waals surface area contributed by atoms with E-state index in [4.69, 9.17) is 11.6 Å². The predicted octanol–water partition coefficient (Wildman–Crippen LogP) is 4.99. The Balaban J connectivity index is 0.00000117. The van der Waals surface area contributed by atoms with Crippen molar-refractivity contribution in [3.8, 4) is 0 Å². The van der Waals surface area contributed by atoms with Gasteiger partial charge in [-0.05, 0) is 50.9 Å². The number of rotatable bonds is 2. The average Bonchev–Trinajstić information content (AvgIpc) is 2.91. The summed E-state index contributed by atoms with van der Waals surface area (Å²) in [5.41, 5.74) is -4.01. The van der Waals surface area contributed by atoms with Crippen LogP contribution in [0.1, 0.15) is 66.7 Å². The molecule has 0 heterocycles. The van der Waals surface area contributed by atoms with Gasteiger partial charge in [0.1, 0.15) is 5.60 Å². The van der Waals surface area contributed by atoms with Gasteiger partial charge in [0.2, 0.25) is 0 Å². The maximum absolute atomic E-state index is 16.9. The number of hydrogen-bond donors (Lipinski definition) is 2. The highest BCUT2D eigenvalue weighted by molar-refractivity contribution is 6.29. The number of fused-ring (bicyclic) bond motifs is 5. The number of aliphatic hydroxyl groups excluding tert-OH is 1. The number of aliphatic hydroxyl groups is 2. The molecule has 0 radical (unpaired) electrons. The quantitative estimate of drug-likeness (QED) is 0.483. The lowest BCUT2D eigenvalue weighted by Gasteiger charge is -2.62. The minimum Gasteiger partial charge on any atom is -0.390 e. The molecule has 0 spiro atoms. The van der Waals surface area contributed by atoms with E-state index in [0.717, 1.165) is 18.4 Å². The fourth-order valence-electron chi connectivity index (χ4n) is 7.38. The third kappa shape index (κ3) is 2.64. The third-order valence-corrected chi connectivity index (χ3v) is 9.07. The Morgan fingerprint density at radius 1 is 1.31 bits per heavy atom. The Morgan fingerprint density at radius 3 is 2.59 bits per heavy atom. The summed E-state index contributed by atoms with van der Waals surface area (Å²) in [6, 6.07) is 0. The number of carbonyl (C=O) groups is 1. The molecule has 0 aliphatic heterocycles. The first-order valence-corrected chi connectivity index (χ1v) is 11.7. The van der Waals surface area contributed by atoms with E-state index < -0.39 is 39.9 Å². The zero-order valence-electron chi connectivity index (χ0n) is 18.3. The zero-order chi connectivity index (χ0) is 21.8. The molecule has 0 amide bonds. The molecule has 8 atom stereocenters. The van der Waals surface area contributed by atoms with Crippen LogP contribution in [0, 0.1) is 28.6 Å². The molecule has 0 bridgehead atoms. The Morgan fingerprint density at radius 2 is 1.97 bits per heavy atom. The van der Waals surface area contributed by atoms with Gasteiger partial charge in [-0.15, -0.1) is 11.6 Å². The molecule has 2 N–H and O–H groups in total. The van der Waals surface area contributed by atoms with E-state index in [1.54, 1.807) is 0 Å². The van der Waals surface area contributed by atoms with E-state index in [-0.39, 0.29) is 24.1 Å². The van der Waals surface area contributed by atoms with Gasteiger partial charge in [0, 0.05) is 16.7 Å². The van der Waals surface area contributed by atoms with Crippen LogP contribution < -0.4 is 0 Å². The maximum atomic E-state index is 16.9. The Labute approximate surface area is 179 Å². The van der Waals surface area contributed by atoms with Crippen LogP contribution in [-0.2, 0) is 4.79 Å². The van der Waals surface area contributed by atoms with Crippen molar-refractivity contribution in [2.75, 3.05) is 5.88 Å². The van der Waals surface area contributed by atoms with E-state index in [9.17, 15) is 15.0 Å². The number of ketones is 1. The summed E-state index contributed by atoms with van der Waals surface area (Å²) >= 11 is 5.83. The number of halogens is 2. The average molecular weight is 427 g/mol. The number of carbonyl (C=O) groups excluding carboxylic acids is 1. The fourth-order valence-corrected chi connectivity index (χ4v) is 7.58. The smallest absolute Gasteiger partial charge is 0.179 e. The fraction of sp³-hybridized carbons (Fsp3) is 0.792. The van der Waals surface area contributed by atoms with Crippen molar-refractivity contribution < 1.29 is 19.4 Å². The molecule has 3 saturated carbocycles. The number of allylic oxidation sites excluding steroid dienone is 4. The molecule has 0 unspecified atom stereocenters. The van der Waals surface area contributed by atoms with Crippen LogP contribution in [-0.4, -0.2) is 39.3 Å². The third-order valence-electron chi connectivity index (χ3n) is 8.82. The summed E-state index contributed by atoms with van der Waals surface area (Å²) in [5, 5.41) is 22.6. The monoisotopic (exact) mass is 426 g/mol. The standard InChI is InChI=1S/C22H30ClFO3.C2H6/c1-13-10-16-15-8-7-14-6-4-5-9-19(14,2)21(15,24)17(25)11-20(16,3)22(13,27)18(26)12-23;1-2/h5-6,9,13,15-17,25,27H,4,7-8,10-12H2,1-3H3;1-2H3/t13-,15-,16-,17-,19-,20-,21-,22-;/m0./s1. The Hall–Kier alpha value is -0.710. The molecule has 4 rings (SSSR count). The molecule has 4 aliphatic rings. The van der Waals surface area contributed by atoms with E-state index in [1.807, 2.05) is 46.8 Å². The van der Waals surface area contributed by atoms with Gasteiger partial charge in [-0.25, -0.2) is 4.39 Å². The van der Waals surface area contributed by atoms with Crippen LogP contribution in [0.4, 0.5) is 4.39 Å². The molecule has 164 valence electrons. The van der Waals surface area contributed by atoms with Crippen LogP contribution >= 0.6 is 11.6 Å². The van der Waals surface area contributed by atoms with Crippen molar-refractivity contribution in [1.29, 1.82) is 0 Å². The van der Waals surface area contributed by atoms with E-state index in [0.29, 0.717) is 12.8 Å². The predicted molar refractivity (Wildman–Crippen MR) is 115 cm³/mol. The SMILES string of the molecule is CC.C[C@H]1C[C@H]2[C@@H]3CCC4=CCC=C[C@]4(C)[C@@]3(F)[C@@H](O)C[C@]2(C)[C@@]1(O)C(=O)CCl. The molecular weight excluding hydrogens is 391 g/mol. The second-order valence-electron chi connectivity index (χ2n) is 9.69. The van der Waals surface area contributed by atoms with Crippen LogP contribution in [0.15, 0.2) is 23.8 Å². The molecule has 0 saturated heterocycles. The van der Waals surface area contributed by atoms with Gasteiger partial charge in [0.25, 0.3) is 0 Å². The lowest BCUT2D eigenvalue weighted by Crippen LogP contribution is -2.69. The van der Waals surface area contributed by atoms with Crippen molar-refractivity contribution in [3.05, 3.63) is 23.8 Å².